The van der Waals surface area contributed by atoms with E-state index in [2.05, 4.69) is 17.1 Å². The van der Waals surface area contributed by atoms with E-state index >= 15 is 0 Å². The molecule has 1 rings (SSSR count). The first-order chi connectivity index (χ1) is 9.06. The van der Waals surface area contributed by atoms with Gasteiger partial charge in [0.15, 0.2) is 6.04 Å². The number of piperidine rings is 1. The van der Waals surface area contributed by atoms with Gasteiger partial charge in [-0.15, -0.1) is 0 Å². The van der Waals surface area contributed by atoms with Crippen LogP contribution in [0, 0.1) is 0 Å². The highest BCUT2D eigenvalue weighted by Gasteiger charge is 2.24. The quantitative estimate of drug-likeness (QED) is 0.519. The van der Waals surface area contributed by atoms with E-state index < -0.39 is 17.9 Å². The van der Waals surface area contributed by atoms with Crippen molar-refractivity contribution in [2.75, 3.05) is 26.2 Å². The van der Waals surface area contributed by atoms with Gasteiger partial charge >= 0.3 is 5.97 Å². The smallest absolute Gasteiger partial charge is 0.332 e. The largest absolute Gasteiger partial charge is 0.464 e. The summed E-state index contributed by atoms with van der Waals surface area (Å²) >= 11 is 0. The van der Waals surface area contributed by atoms with E-state index in [0.29, 0.717) is 6.54 Å². The molecule has 0 aromatic heterocycles. The minimum atomic E-state index is -1.23. The van der Waals surface area contributed by atoms with Crippen LogP contribution < -0.4 is 11.1 Å². The van der Waals surface area contributed by atoms with Gasteiger partial charge in [0.2, 0.25) is 5.91 Å². The molecule has 1 amide bonds. The highest BCUT2D eigenvalue weighted by molar-refractivity contribution is 6.01. The number of likely N-dealkylation sites (tertiary alicyclic amines) is 1. The van der Waals surface area contributed by atoms with Gasteiger partial charge in [-0.2, -0.15) is 0 Å². The molecule has 3 N–H and O–H groups in total. The SMILES string of the molecule is CCOC(=O)C(N)C(=O)NCC(C)N1CCCCC1. The van der Waals surface area contributed by atoms with Crippen LogP contribution in [-0.4, -0.2) is 55.1 Å². The van der Waals surface area contributed by atoms with Gasteiger partial charge in [-0.25, -0.2) is 4.79 Å². The lowest BCUT2D eigenvalue weighted by Crippen LogP contribution is -2.51. The molecular formula is C13H25N3O3. The van der Waals surface area contributed by atoms with E-state index in [1.165, 1.54) is 19.3 Å². The maximum absolute atomic E-state index is 11.7. The zero-order valence-corrected chi connectivity index (χ0v) is 11.9. The first kappa shape index (κ1) is 15.9. The number of esters is 1. The lowest BCUT2D eigenvalue weighted by molar-refractivity contribution is -0.148. The Kier molecular flexibility index (Phi) is 6.80. The summed E-state index contributed by atoms with van der Waals surface area (Å²) in [5.41, 5.74) is 5.51. The van der Waals surface area contributed by atoms with Crippen molar-refractivity contribution in [2.45, 2.75) is 45.2 Å². The van der Waals surface area contributed by atoms with Crippen LogP contribution in [0.3, 0.4) is 0 Å². The molecule has 6 heteroatoms. The Morgan fingerprint density at radius 1 is 1.32 bits per heavy atom. The Morgan fingerprint density at radius 3 is 2.53 bits per heavy atom. The van der Waals surface area contributed by atoms with Gasteiger partial charge in [0.25, 0.3) is 0 Å². The molecule has 6 nitrogen and oxygen atoms in total. The maximum Gasteiger partial charge on any atom is 0.332 e. The first-order valence-corrected chi connectivity index (χ1v) is 7.00. The van der Waals surface area contributed by atoms with Gasteiger partial charge in [0, 0.05) is 12.6 Å². The Bertz CT molecular complexity index is 304. The Labute approximate surface area is 114 Å². The summed E-state index contributed by atoms with van der Waals surface area (Å²) in [6.07, 6.45) is 3.70. The fourth-order valence-corrected chi connectivity index (χ4v) is 2.19. The molecule has 2 atom stereocenters. The van der Waals surface area contributed by atoms with Crippen molar-refractivity contribution in [3.63, 3.8) is 0 Å². The topological polar surface area (TPSA) is 84.7 Å². The second kappa shape index (κ2) is 8.12. The number of nitrogens with zero attached hydrogens (tertiary/aromatic N) is 1. The number of amides is 1. The molecule has 2 unspecified atom stereocenters. The van der Waals surface area contributed by atoms with E-state index in [1.807, 2.05) is 0 Å². The summed E-state index contributed by atoms with van der Waals surface area (Å²) in [5.74, 6) is -1.15. The molecular weight excluding hydrogens is 246 g/mol. The molecule has 0 spiro atoms. The van der Waals surface area contributed by atoms with Crippen LogP contribution in [0.4, 0.5) is 0 Å². The third kappa shape index (κ3) is 5.16. The Hall–Kier alpha value is -1.14. The summed E-state index contributed by atoms with van der Waals surface area (Å²) in [4.78, 5) is 25.4. The van der Waals surface area contributed by atoms with E-state index in [9.17, 15) is 9.59 Å². The molecule has 0 bridgehead atoms. The van der Waals surface area contributed by atoms with Gasteiger partial charge in [-0.1, -0.05) is 6.42 Å². The van der Waals surface area contributed by atoms with Crippen LogP contribution in [0.5, 0.6) is 0 Å². The van der Waals surface area contributed by atoms with Gasteiger partial charge in [0.1, 0.15) is 0 Å². The minimum absolute atomic E-state index is 0.226. The number of carbonyl (C=O) groups excluding carboxylic acids is 2. The van der Waals surface area contributed by atoms with Gasteiger partial charge in [0.05, 0.1) is 6.61 Å². The number of hydrogen-bond acceptors (Lipinski definition) is 5. The zero-order chi connectivity index (χ0) is 14.3. The third-order valence-corrected chi connectivity index (χ3v) is 3.41. The molecule has 1 saturated heterocycles. The van der Waals surface area contributed by atoms with Crippen LogP contribution >= 0.6 is 0 Å². The van der Waals surface area contributed by atoms with Crippen molar-refractivity contribution in [3.05, 3.63) is 0 Å². The molecule has 1 aliphatic rings. The predicted octanol–water partition coefficient (Wildman–Crippen LogP) is -0.133. The fraction of sp³-hybridized carbons (Fsp3) is 0.846. The van der Waals surface area contributed by atoms with Crippen LogP contribution in [0.2, 0.25) is 0 Å². The highest BCUT2D eigenvalue weighted by Crippen LogP contribution is 2.11. The standard InChI is InChI=1S/C13H25N3O3/c1-3-19-13(18)11(14)12(17)15-9-10(2)16-7-5-4-6-8-16/h10-11H,3-9,14H2,1-2H3,(H,15,17). The molecule has 1 fully saturated rings. The van der Waals surface area contributed by atoms with Gasteiger partial charge < -0.3 is 15.8 Å². The fourth-order valence-electron chi connectivity index (χ4n) is 2.19. The average molecular weight is 271 g/mol. The minimum Gasteiger partial charge on any atom is -0.464 e. The molecule has 0 aromatic carbocycles. The van der Waals surface area contributed by atoms with Crippen molar-refractivity contribution < 1.29 is 14.3 Å². The second-order valence-corrected chi connectivity index (χ2v) is 4.92. The lowest BCUT2D eigenvalue weighted by atomic mass is 10.1. The van der Waals surface area contributed by atoms with Crippen molar-refractivity contribution in [1.82, 2.24) is 10.2 Å². The number of hydrogen-bond donors (Lipinski definition) is 2. The molecule has 0 aliphatic carbocycles. The number of nitrogens with one attached hydrogen (secondary N) is 1. The van der Waals surface area contributed by atoms with Crippen molar-refractivity contribution >= 4 is 11.9 Å². The lowest BCUT2D eigenvalue weighted by Gasteiger charge is -2.32. The monoisotopic (exact) mass is 271 g/mol. The van der Waals surface area contributed by atoms with E-state index in [-0.39, 0.29) is 12.6 Å². The summed E-state index contributed by atoms with van der Waals surface area (Å²) in [5, 5.41) is 2.71. The van der Waals surface area contributed by atoms with E-state index in [1.54, 1.807) is 6.92 Å². The van der Waals surface area contributed by atoms with Crippen LogP contribution in [0.25, 0.3) is 0 Å². The molecule has 0 radical (unpaired) electrons. The average Bonchev–Trinajstić information content (AvgIpc) is 2.44. The van der Waals surface area contributed by atoms with Crippen LogP contribution in [0.15, 0.2) is 0 Å². The molecule has 0 aromatic rings. The Morgan fingerprint density at radius 2 is 1.95 bits per heavy atom. The first-order valence-electron chi connectivity index (χ1n) is 7.00. The summed E-state index contributed by atoms with van der Waals surface area (Å²) in [7, 11) is 0. The van der Waals surface area contributed by atoms with Crippen molar-refractivity contribution in [3.8, 4) is 0 Å². The number of carbonyl (C=O) groups is 2. The highest BCUT2D eigenvalue weighted by atomic mass is 16.5. The second-order valence-electron chi connectivity index (χ2n) is 4.92. The zero-order valence-electron chi connectivity index (χ0n) is 11.9. The molecule has 1 heterocycles. The van der Waals surface area contributed by atoms with Crippen molar-refractivity contribution in [2.24, 2.45) is 5.73 Å². The third-order valence-electron chi connectivity index (χ3n) is 3.41. The predicted molar refractivity (Wildman–Crippen MR) is 72.5 cm³/mol. The van der Waals surface area contributed by atoms with Crippen LogP contribution in [-0.2, 0) is 14.3 Å². The summed E-state index contributed by atoms with van der Waals surface area (Å²) < 4.78 is 4.71. The molecule has 110 valence electrons. The molecule has 1 aliphatic heterocycles. The number of ether oxygens (including phenoxy) is 1. The van der Waals surface area contributed by atoms with E-state index in [4.69, 9.17) is 10.5 Å². The maximum atomic E-state index is 11.7. The molecule has 19 heavy (non-hydrogen) atoms. The number of nitrogens with two attached hydrogens (primary N) is 1. The molecule has 0 saturated carbocycles. The summed E-state index contributed by atoms with van der Waals surface area (Å²) in [6.45, 7) is 6.63. The normalized spacial score (nSPS) is 19.5. The van der Waals surface area contributed by atoms with E-state index in [0.717, 1.165) is 13.1 Å². The van der Waals surface area contributed by atoms with Crippen molar-refractivity contribution in [1.29, 1.82) is 0 Å². The number of rotatable bonds is 6. The van der Waals surface area contributed by atoms with Gasteiger partial charge in [-0.05, 0) is 39.8 Å². The van der Waals surface area contributed by atoms with Gasteiger partial charge in [-0.3, -0.25) is 9.69 Å². The van der Waals surface area contributed by atoms with Crippen LogP contribution in [0.1, 0.15) is 33.1 Å². The Balaban J connectivity index is 2.30. The summed E-state index contributed by atoms with van der Waals surface area (Å²) in [6, 6.07) is -0.966.